The fourth-order valence-corrected chi connectivity index (χ4v) is 4.12. The van der Waals surface area contributed by atoms with Crippen LogP contribution in [-0.2, 0) is 9.53 Å². The van der Waals surface area contributed by atoms with E-state index in [1.54, 1.807) is 0 Å². The predicted octanol–water partition coefficient (Wildman–Crippen LogP) is 5.73. The molecule has 1 saturated heterocycles. The molecule has 0 saturated carbocycles. The van der Waals surface area contributed by atoms with Gasteiger partial charge in [-0.05, 0) is 19.3 Å². The summed E-state index contributed by atoms with van der Waals surface area (Å²) >= 11 is 2.22. The summed E-state index contributed by atoms with van der Waals surface area (Å²) < 4.78 is 4.64. The van der Waals surface area contributed by atoms with Gasteiger partial charge in [-0.2, -0.15) is 11.8 Å². The second-order valence-corrected chi connectivity index (χ2v) is 7.78. The predicted molar refractivity (Wildman–Crippen MR) is 92.9 cm³/mol. The molecule has 2 unspecified atom stereocenters. The number of methoxy groups -OCH3 is 1. The highest BCUT2D eigenvalue weighted by Gasteiger charge is 2.36. The number of carbonyl (C=O) groups is 1. The normalized spacial score (nSPS) is 20.5. The molecular weight excluding hydrogens is 280 g/mol. The van der Waals surface area contributed by atoms with Crippen molar-refractivity contribution in [2.45, 2.75) is 101 Å². The molecule has 1 fully saturated rings. The summed E-state index contributed by atoms with van der Waals surface area (Å²) in [6, 6.07) is 0. The summed E-state index contributed by atoms with van der Waals surface area (Å²) in [6.07, 6.45) is 16.7. The lowest BCUT2D eigenvalue weighted by molar-refractivity contribution is -0.140. The van der Waals surface area contributed by atoms with E-state index in [0.29, 0.717) is 6.42 Å². The molecule has 0 aromatic heterocycles. The fourth-order valence-electron chi connectivity index (χ4n) is 2.88. The minimum Gasteiger partial charge on any atom is -0.469 e. The van der Waals surface area contributed by atoms with Crippen molar-refractivity contribution < 1.29 is 9.53 Å². The van der Waals surface area contributed by atoms with Crippen LogP contribution in [0.5, 0.6) is 0 Å². The SMILES string of the molecule is CCCCCCC1SC1CCCCCCCCC(=O)OC. The van der Waals surface area contributed by atoms with Gasteiger partial charge in [0.2, 0.25) is 0 Å². The molecular formula is C18H34O2S. The van der Waals surface area contributed by atoms with Gasteiger partial charge in [0.15, 0.2) is 0 Å². The van der Waals surface area contributed by atoms with Crippen molar-refractivity contribution in [3.8, 4) is 0 Å². The van der Waals surface area contributed by atoms with Crippen molar-refractivity contribution in [3.63, 3.8) is 0 Å². The number of ether oxygens (including phenoxy) is 1. The van der Waals surface area contributed by atoms with Crippen LogP contribution in [0.1, 0.15) is 90.4 Å². The van der Waals surface area contributed by atoms with Crippen molar-refractivity contribution in [1.29, 1.82) is 0 Å². The van der Waals surface area contributed by atoms with Gasteiger partial charge in [0.05, 0.1) is 7.11 Å². The number of unbranched alkanes of at least 4 members (excludes halogenated alkanes) is 8. The zero-order chi connectivity index (χ0) is 15.3. The van der Waals surface area contributed by atoms with Gasteiger partial charge in [-0.15, -0.1) is 0 Å². The van der Waals surface area contributed by atoms with Crippen LogP contribution in [0.2, 0.25) is 0 Å². The highest BCUT2D eigenvalue weighted by Crippen LogP contribution is 2.47. The highest BCUT2D eigenvalue weighted by molar-refractivity contribution is 8.07. The van der Waals surface area contributed by atoms with E-state index in [1.807, 2.05) is 0 Å². The van der Waals surface area contributed by atoms with Gasteiger partial charge in [0.1, 0.15) is 0 Å². The monoisotopic (exact) mass is 314 g/mol. The summed E-state index contributed by atoms with van der Waals surface area (Å²) in [6.45, 7) is 2.28. The molecule has 2 atom stereocenters. The first-order valence-electron chi connectivity index (χ1n) is 9.00. The van der Waals surface area contributed by atoms with Crippen LogP contribution in [0.15, 0.2) is 0 Å². The Kier molecular flexibility index (Phi) is 11.1. The van der Waals surface area contributed by atoms with E-state index in [2.05, 4.69) is 23.4 Å². The van der Waals surface area contributed by atoms with Crippen molar-refractivity contribution in [2.75, 3.05) is 7.11 Å². The number of esters is 1. The van der Waals surface area contributed by atoms with E-state index in [9.17, 15) is 4.79 Å². The van der Waals surface area contributed by atoms with E-state index >= 15 is 0 Å². The average molecular weight is 315 g/mol. The first-order chi connectivity index (χ1) is 10.3. The Balaban J connectivity index is 1.76. The van der Waals surface area contributed by atoms with Crippen molar-refractivity contribution in [2.24, 2.45) is 0 Å². The number of hydrogen-bond acceptors (Lipinski definition) is 3. The molecule has 0 spiro atoms. The minimum atomic E-state index is -0.0641. The molecule has 0 aliphatic carbocycles. The van der Waals surface area contributed by atoms with Crippen LogP contribution in [0.4, 0.5) is 0 Å². The summed E-state index contributed by atoms with van der Waals surface area (Å²) in [5.74, 6) is -0.0641. The van der Waals surface area contributed by atoms with Gasteiger partial charge < -0.3 is 4.74 Å². The average Bonchev–Trinajstić information content (AvgIpc) is 3.24. The van der Waals surface area contributed by atoms with Crippen molar-refractivity contribution >= 4 is 17.7 Å². The van der Waals surface area contributed by atoms with Gasteiger partial charge in [0, 0.05) is 16.9 Å². The third-order valence-electron chi connectivity index (χ3n) is 4.38. The van der Waals surface area contributed by atoms with Crippen LogP contribution >= 0.6 is 11.8 Å². The maximum absolute atomic E-state index is 10.9. The Hall–Kier alpha value is -0.180. The molecule has 1 rings (SSSR count). The number of hydrogen-bond donors (Lipinski definition) is 0. The zero-order valence-electron chi connectivity index (χ0n) is 14.1. The summed E-state index contributed by atoms with van der Waals surface area (Å²) in [7, 11) is 1.47. The summed E-state index contributed by atoms with van der Waals surface area (Å²) in [4.78, 5) is 10.9. The number of thioether (sulfide) groups is 1. The van der Waals surface area contributed by atoms with Crippen LogP contribution in [0, 0.1) is 0 Å². The Bertz CT molecular complexity index is 268. The highest BCUT2D eigenvalue weighted by atomic mass is 32.2. The molecule has 0 bridgehead atoms. The molecule has 0 N–H and O–H groups in total. The maximum Gasteiger partial charge on any atom is 0.305 e. The molecule has 1 aliphatic heterocycles. The van der Waals surface area contributed by atoms with Gasteiger partial charge in [-0.1, -0.05) is 64.7 Å². The van der Waals surface area contributed by atoms with Crippen molar-refractivity contribution in [3.05, 3.63) is 0 Å². The largest absolute Gasteiger partial charge is 0.469 e. The molecule has 0 amide bonds. The van der Waals surface area contributed by atoms with Gasteiger partial charge in [-0.25, -0.2) is 0 Å². The van der Waals surface area contributed by atoms with E-state index in [4.69, 9.17) is 0 Å². The topological polar surface area (TPSA) is 26.3 Å². The van der Waals surface area contributed by atoms with E-state index < -0.39 is 0 Å². The Morgan fingerprint density at radius 1 is 0.857 bits per heavy atom. The Morgan fingerprint density at radius 2 is 1.38 bits per heavy atom. The van der Waals surface area contributed by atoms with Crippen LogP contribution in [-0.4, -0.2) is 23.6 Å². The van der Waals surface area contributed by atoms with Crippen molar-refractivity contribution in [1.82, 2.24) is 0 Å². The van der Waals surface area contributed by atoms with Gasteiger partial charge in [0.25, 0.3) is 0 Å². The Labute approximate surface area is 135 Å². The molecule has 0 aromatic rings. The van der Waals surface area contributed by atoms with Crippen LogP contribution in [0.3, 0.4) is 0 Å². The molecule has 21 heavy (non-hydrogen) atoms. The molecule has 124 valence electrons. The number of carbonyl (C=O) groups excluding carboxylic acids is 1. The summed E-state index contributed by atoms with van der Waals surface area (Å²) in [5, 5.41) is 1.99. The quantitative estimate of drug-likeness (QED) is 0.232. The molecule has 1 heterocycles. The maximum atomic E-state index is 10.9. The van der Waals surface area contributed by atoms with E-state index in [-0.39, 0.29) is 5.97 Å². The second-order valence-electron chi connectivity index (χ2n) is 6.30. The van der Waals surface area contributed by atoms with Crippen LogP contribution in [0.25, 0.3) is 0 Å². The lowest BCUT2D eigenvalue weighted by Gasteiger charge is -2.02. The van der Waals surface area contributed by atoms with Gasteiger partial charge in [-0.3, -0.25) is 4.79 Å². The number of rotatable bonds is 14. The first-order valence-corrected chi connectivity index (χ1v) is 9.94. The van der Waals surface area contributed by atoms with E-state index in [0.717, 1.165) is 16.9 Å². The van der Waals surface area contributed by atoms with Gasteiger partial charge >= 0.3 is 5.97 Å². The minimum absolute atomic E-state index is 0.0641. The zero-order valence-corrected chi connectivity index (χ0v) is 14.9. The molecule has 1 aliphatic rings. The Morgan fingerprint density at radius 3 is 1.95 bits per heavy atom. The summed E-state index contributed by atoms with van der Waals surface area (Å²) in [5.41, 5.74) is 0. The molecule has 0 aromatic carbocycles. The van der Waals surface area contributed by atoms with E-state index in [1.165, 1.54) is 77.7 Å². The first kappa shape index (κ1) is 18.9. The molecule has 3 heteroatoms. The third-order valence-corrected chi connectivity index (χ3v) is 5.89. The third kappa shape index (κ3) is 10.2. The smallest absolute Gasteiger partial charge is 0.305 e. The molecule has 2 nitrogen and oxygen atoms in total. The van der Waals surface area contributed by atoms with Crippen LogP contribution < -0.4 is 0 Å². The standard InChI is InChI=1S/C18H34O2S/c1-3-4-5-10-13-16-17(21-16)14-11-8-6-7-9-12-15-18(19)20-2/h16-17H,3-15H2,1-2H3. The fraction of sp³-hybridized carbons (Fsp3) is 0.944. The second kappa shape index (κ2) is 12.4. The lowest BCUT2D eigenvalue weighted by Crippen LogP contribution is -1.99. The lowest BCUT2D eigenvalue weighted by atomic mass is 10.0. The molecule has 0 radical (unpaired) electrons.